The molecule has 2 rings (SSSR count). The van der Waals surface area contributed by atoms with E-state index in [4.69, 9.17) is 0 Å². The lowest BCUT2D eigenvalue weighted by atomic mass is 9.88. The minimum atomic E-state index is -0.382. The number of ketones is 1. The predicted octanol–water partition coefficient (Wildman–Crippen LogP) is 3.18. The Morgan fingerprint density at radius 2 is 1.85 bits per heavy atom. The first kappa shape index (κ1) is 14.5. The number of nitro benzene ring substituents is 1. The fourth-order valence-corrected chi connectivity index (χ4v) is 2.70. The highest BCUT2D eigenvalue weighted by Gasteiger charge is 2.21. The average Bonchev–Trinajstić information content (AvgIpc) is 2.47. The molecule has 1 aromatic carbocycles. The molecule has 5 nitrogen and oxygen atoms in total. The zero-order valence-corrected chi connectivity index (χ0v) is 11.7. The fraction of sp³-hybridized carbons (Fsp3) is 0.533. The third-order valence-corrected chi connectivity index (χ3v) is 3.95. The quantitative estimate of drug-likeness (QED) is 0.612. The number of hydrogen-bond acceptors (Lipinski definition) is 4. The molecule has 108 valence electrons. The molecule has 0 bridgehead atoms. The molecule has 0 aliphatic heterocycles. The van der Waals surface area contributed by atoms with Crippen molar-refractivity contribution in [3.63, 3.8) is 0 Å². The lowest BCUT2D eigenvalue weighted by Gasteiger charge is -2.30. The van der Waals surface area contributed by atoms with Crippen LogP contribution in [0.4, 0.5) is 11.4 Å². The number of nitrogens with zero attached hydrogens (tertiary/aromatic N) is 2. The number of nitro groups is 1. The van der Waals surface area contributed by atoms with Crippen molar-refractivity contribution in [1.82, 2.24) is 0 Å². The Morgan fingerprint density at radius 3 is 2.35 bits per heavy atom. The molecule has 0 amide bonds. The smallest absolute Gasteiger partial charge is 0.269 e. The monoisotopic (exact) mass is 276 g/mol. The van der Waals surface area contributed by atoms with Crippen molar-refractivity contribution in [2.45, 2.75) is 32.6 Å². The van der Waals surface area contributed by atoms with Crippen molar-refractivity contribution in [3.8, 4) is 0 Å². The van der Waals surface area contributed by atoms with E-state index in [-0.39, 0.29) is 10.6 Å². The van der Waals surface area contributed by atoms with Crippen molar-refractivity contribution in [1.29, 1.82) is 0 Å². The lowest BCUT2D eigenvalue weighted by molar-refractivity contribution is -0.384. The summed E-state index contributed by atoms with van der Waals surface area (Å²) >= 11 is 0. The molecule has 5 heteroatoms. The van der Waals surface area contributed by atoms with Gasteiger partial charge in [0.1, 0.15) is 5.78 Å². The molecule has 0 atom stereocenters. The van der Waals surface area contributed by atoms with E-state index in [1.165, 1.54) is 0 Å². The summed E-state index contributed by atoms with van der Waals surface area (Å²) in [5.74, 6) is 0.919. The highest BCUT2D eigenvalue weighted by Crippen LogP contribution is 2.26. The molecule has 0 spiro atoms. The Balaban J connectivity index is 2.00. The second-order valence-corrected chi connectivity index (χ2v) is 5.29. The van der Waals surface area contributed by atoms with Crippen molar-refractivity contribution >= 4 is 17.2 Å². The van der Waals surface area contributed by atoms with Crippen LogP contribution >= 0.6 is 0 Å². The van der Waals surface area contributed by atoms with Gasteiger partial charge in [-0.25, -0.2) is 0 Å². The Kier molecular flexibility index (Phi) is 4.71. The lowest BCUT2D eigenvalue weighted by Crippen LogP contribution is -2.31. The van der Waals surface area contributed by atoms with Gasteiger partial charge < -0.3 is 4.90 Å². The zero-order chi connectivity index (χ0) is 14.5. The maximum absolute atomic E-state index is 11.3. The summed E-state index contributed by atoms with van der Waals surface area (Å²) < 4.78 is 0. The Bertz CT molecular complexity index is 474. The van der Waals surface area contributed by atoms with Crippen LogP contribution in [-0.2, 0) is 4.79 Å². The molecule has 0 unspecified atom stereocenters. The van der Waals surface area contributed by atoms with Gasteiger partial charge in [0, 0.05) is 43.8 Å². The number of hydrogen-bond donors (Lipinski definition) is 0. The number of carbonyl (C=O) groups is 1. The molecule has 1 aromatic rings. The second-order valence-electron chi connectivity index (χ2n) is 5.29. The molecule has 1 saturated carbocycles. The first-order valence-electron chi connectivity index (χ1n) is 7.11. The zero-order valence-electron chi connectivity index (χ0n) is 11.7. The molecule has 0 saturated heterocycles. The van der Waals surface area contributed by atoms with Gasteiger partial charge in [0.2, 0.25) is 0 Å². The van der Waals surface area contributed by atoms with Crippen LogP contribution in [0, 0.1) is 16.0 Å². The van der Waals surface area contributed by atoms with Gasteiger partial charge in [0.15, 0.2) is 0 Å². The summed E-state index contributed by atoms with van der Waals surface area (Å²) in [6.45, 7) is 3.86. The second kappa shape index (κ2) is 6.50. The molecule has 1 aliphatic rings. The Hall–Kier alpha value is -1.91. The SMILES string of the molecule is CCN(CC1CCC(=O)CC1)c1ccc([N+](=O)[O-])cc1. The summed E-state index contributed by atoms with van der Waals surface area (Å²) in [4.78, 5) is 23.8. The van der Waals surface area contributed by atoms with E-state index in [1.807, 2.05) is 0 Å². The maximum Gasteiger partial charge on any atom is 0.269 e. The number of benzene rings is 1. The summed E-state index contributed by atoms with van der Waals surface area (Å²) in [6.07, 6.45) is 3.32. The predicted molar refractivity (Wildman–Crippen MR) is 77.9 cm³/mol. The molecule has 0 heterocycles. The standard InChI is InChI=1S/C15H20N2O3/c1-2-16(11-12-3-9-15(18)10-4-12)13-5-7-14(8-6-13)17(19)20/h5-8,12H,2-4,9-11H2,1H3. The third-order valence-electron chi connectivity index (χ3n) is 3.95. The van der Waals surface area contributed by atoms with Gasteiger partial charge in [-0.3, -0.25) is 14.9 Å². The van der Waals surface area contributed by atoms with Gasteiger partial charge in [-0.2, -0.15) is 0 Å². The fourth-order valence-electron chi connectivity index (χ4n) is 2.70. The van der Waals surface area contributed by atoms with Gasteiger partial charge in [-0.05, 0) is 37.8 Å². The number of rotatable bonds is 5. The Labute approximate surface area is 118 Å². The molecular formula is C15H20N2O3. The minimum absolute atomic E-state index is 0.119. The van der Waals surface area contributed by atoms with Gasteiger partial charge in [0.05, 0.1) is 4.92 Å². The minimum Gasteiger partial charge on any atom is -0.372 e. The first-order chi connectivity index (χ1) is 9.60. The molecule has 0 radical (unpaired) electrons. The van der Waals surface area contributed by atoms with Crippen molar-refractivity contribution in [3.05, 3.63) is 34.4 Å². The summed E-state index contributed by atoms with van der Waals surface area (Å²) in [6, 6.07) is 6.69. The van der Waals surface area contributed by atoms with Crippen molar-refractivity contribution < 1.29 is 9.72 Å². The van der Waals surface area contributed by atoms with Crippen LogP contribution in [0.2, 0.25) is 0 Å². The third kappa shape index (κ3) is 3.56. The van der Waals surface area contributed by atoms with Crippen LogP contribution in [0.1, 0.15) is 32.6 Å². The summed E-state index contributed by atoms with van der Waals surface area (Å²) in [5.41, 5.74) is 1.13. The largest absolute Gasteiger partial charge is 0.372 e. The normalized spacial score (nSPS) is 16.1. The van der Waals surface area contributed by atoms with Gasteiger partial charge >= 0.3 is 0 Å². The topological polar surface area (TPSA) is 63.5 Å². The maximum atomic E-state index is 11.3. The van der Waals surface area contributed by atoms with Crippen LogP contribution < -0.4 is 4.90 Å². The van der Waals surface area contributed by atoms with Crippen molar-refractivity contribution in [2.24, 2.45) is 5.92 Å². The van der Waals surface area contributed by atoms with E-state index in [1.54, 1.807) is 24.3 Å². The highest BCUT2D eigenvalue weighted by atomic mass is 16.6. The van der Waals surface area contributed by atoms with E-state index in [0.717, 1.165) is 31.6 Å². The van der Waals surface area contributed by atoms with Crippen molar-refractivity contribution in [2.75, 3.05) is 18.0 Å². The van der Waals surface area contributed by atoms with Crippen LogP contribution in [-0.4, -0.2) is 23.8 Å². The summed E-state index contributed by atoms with van der Waals surface area (Å²) in [5, 5.41) is 10.7. The Morgan fingerprint density at radius 1 is 1.25 bits per heavy atom. The number of non-ortho nitro benzene ring substituents is 1. The molecule has 20 heavy (non-hydrogen) atoms. The molecule has 0 N–H and O–H groups in total. The summed E-state index contributed by atoms with van der Waals surface area (Å²) in [7, 11) is 0. The van der Waals surface area contributed by atoms with Gasteiger partial charge in [0.25, 0.3) is 5.69 Å². The van der Waals surface area contributed by atoms with Crippen LogP contribution in [0.5, 0.6) is 0 Å². The van der Waals surface area contributed by atoms with E-state index in [0.29, 0.717) is 24.5 Å². The van der Waals surface area contributed by atoms with Gasteiger partial charge in [-0.1, -0.05) is 0 Å². The number of carbonyl (C=O) groups excluding carboxylic acids is 1. The van der Waals surface area contributed by atoms with E-state index in [2.05, 4.69) is 11.8 Å². The first-order valence-corrected chi connectivity index (χ1v) is 7.11. The van der Waals surface area contributed by atoms with Gasteiger partial charge in [-0.15, -0.1) is 0 Å². The van der Waals surface area contributed by atoms with Crippen LogP contribution in [0.25, 0.3) is 0 Å². The molecular weight excluding hydrogens is 256 g/mol. The average molecular weight is 276 g/mol. The molecule has 1 aliphatic carbocycles. The highest BCUT2D eigenvalue weighted by molar-refractivity contribution is 5.79. The number of anilines is 1. The van der Waals surface area contributed by atoms with Crippen LogP contribution in [0.3, 0.4) is 0 Å². The molecule has 1 fully saturated rings. The number of Topliss-reactive ketones (excluding diaryl/α,β-unsaturated/α-hetero) is 1. The molecule has 0 aromatic heterocycles. The van der Waals surface area contributed by atoms with E-state index < -0.39 is 0 Å². The van der Waals surface area contributed by atoms with E-state index >= 15 is 0 Å². The van der Waals surface area contributed by atoms with E-state index in [9.17, 15) is 14.9 Å². The van der Waals surface area contributed by atoms with Crippen LogP contribution in [0.15, 0.2) is 24.3 Å².